The zero-order chi connectivity index (χ0) is 22.4. The number of hydrogen-bond donors (Lipinski definition) is 3. The van der Waals surface area contributed by atoms with E-state index in [9.17, 15) is 14.4 Å². The Kier molecular flexibility index (Phi) is 7.85. The lowest BCUT2D eigenvalue weighted by Crippen LogP contribution is -2.48. The summed E-state index contributed by atoms with van der Waals surface area (Å²) in [5.74, 6) is 0.181. The molecule has 3 amide bonds. The highest BCUT2D eigenvalue weighted by atomic mass is 16.2. The van der Waals surface area contributed by atoms with Gasteiger partial charge in [-0.15, -0.1) is 0 Å². The first-order chi connectivity index (χ1) is 14.9. The van der Waals surface area contributed by atoms with Gasteiger partial charge in [0, 0.05) is 6.54 Å². The van der Waals surface area contributed by atoms with Gasteiger partial charge in [-0.2, -0.15) is 0 Å². The largest absolute Gasteiger partial charge is 0.347 e. The molecule has 4 atom stereocenters. The van der Waals surface area contributed by atoms with E-state index in [2.05, 4.69) is 40.2 Å². The van der Waals surface area contributed by atoms with Crippen LogP contribution in [0.4, 0.5) is 0 Å². The number of rotatable bonds is 10. The zero-order valence-electron chi connectivity index (χ0n) is 18.7. The Morgan fingerprint density at radius 3 is 2.61 bits per heavy atom. The molecule has 3 rings (SSSR count). The van der Waals surface area contributed by atoms with Crippen molar-refractivity contribution in [2.75, 3.05) is 26.7 Å². The van der Waals surface area contributed by atoms with Gasteiger partial charge in [0.15, 0.2) is 0 Å². The van der Waals surface area contributed by atoms with Crippen LogP contribution in [0.2, 0.25) is 0 Å². The minimum Gasteiger partial charge on any atom is -0.347 e. The zero-order valence-corrected chi connectivity index (χ0v) is 18.7. The molecule has 2 aliphatic rings. The monoisotopic (exact) mass is 426 g/mol. The van der Waals surface area contributed by atoms with Crippen LogP contribution in [0.1, 0.15) is 43.9 Å². The fourth-order valence-corrected chi connectivity index (χ4v) is 4.33. The average molecular weight is 427 g/mol. The topological polar surface area (TPSA) is 90.5 Å². The van der Waals surface area contributed by atoms with Crippen molar-refractivity contribution in [2.45, 2.75) is 45.2 Å². The number of nitrogens with zero attached hydrogens (tertiary/aromatic N) is 1. The van der Waals surface area contributed by atoms with Gasteiger partial charge in [0.25, 0.3) is 0 Å². The number of carbonyl (C=O) groups excluding carboxylic acids is 3. The van der Waals surface area contributed by atoms with Crippen molar-refractivity contribution in [3.63, 3.8) is 0 Å². The summed E-state index contributed by atoms with van der Waals surface area (Å²) in [6, 6.07) is 7.87. The van der Waals surface area contributed by atoms with Crippen LogP contribution >= 0.6 is 0 Å². The fraction of sp³-hybridized carbons (Fsp3) is 0.542. The molecule has 4 unspecified atom stereocenters. The van der Waals surface area contributed by atoms with Crippen LogP contribution < -0.4 is 16.0 Å². The SMILES string of the molecule is CCCN(CC(=O)NC1c2ccccc2CC1C1C=CC1)C(=O)CNC(=O)C(C)NC. The molecule has 0 aliphatic heterocycles. The van der Waals surface area contributed by atoms with E-state index in [0.29, 0.717) is 18.4 Å². The smallest absolute Gasteiger partial charge is 0.242 e. The summed E-state index contributed by atoms with van der Waals surface area (Å²) in [6.45, 7) is 4.05. The molecule has 2 aliphatic carbocycles. The first kappa shape index (κ1) is 23.0. The van der Waals surface area contributed by atoms with E-state index >= 15 is 0 Å². The summed E-state index contributed by atoms with van der Waals surface area (Å²) < 4.78 is 0. The van der Waals surface area contributed by atoms with Gasteiger partial charge in [0.2, 0.25) is 17.7 Å². The lowest BCUT2D eigenvalue weighted by atomic mass is 9.79. The van der Waals surface area contributed by atoms with Gasteiger partial charge in [-0.05, 0) is 56.2 Å². The minimum atomic E-state index is -0.379. The predicted molar refractivity (Wildman–Crippen MR) is 120 cm³/mol. The highest BCUT2D eigenvalue weighted by molar-refractivity contribution is 5.89. The second-order valence-electron chi connectivity index (χ2n) is 8.48. The second-order valence-corrected chi connectivity index (χ2v) is 8.48. The normalized spacial score (nSPS) is 22.2. The molecule has 0 aromatic heterocycles. The minimum absolute atomic E-state index is 0.00395. The van der Waals surface area contributed by atoms with E-state index in [-0.39, 0.29) is 42.9 Å². The fourth-order valence-electron chi connectivity index (χ4n) is 4.33. The van der Waals surface area contributed by atoms with Gasteiger partial charge in [-0.25, -0.2) is 0 Å². The molecule has 0 saturated carbocycles. The third kappa shape index (κ3) is 5.53. The van der Waals surface area contributed by atoms with Crippen molar-refractivity contribution in [2.24, 2.45) is 11.8 Å². The molecule has 3 N–H and O–H groups in total. The van der Waals surface area contributed by atoms with Crippen molar-refractivity contribution < 1.29 is 14.4 Å². The molecule has 7 nitrogen and oxygen atoms in total. The molecule has 0 radical (unpaired) electrons. The van der Waals surface area contributed by atoms with Gasteiger partial charge in [0.1, 0.15) is 0 Å². The van der Waals surface area contributed by atoms with Crippen molar-refractivity contribution in [1.82, 2.24) is 20.9 Å². The molecular formula is C24H34N4O3. The van der Waals surface area contributed by atoms with Crippen molar-refractivity contribution in [3.05, 3.63) is 47.5 Å². The van der Waals surface area contributed by atoms with Crippen LogP contribution in [0.15, 0.2) is 36.4 Å². The van der Waals surface area contributed by atoms with E-state index in [1.54, 1.807) is 14.0 Å². The Morgan fingerprint density at radius 1 is 1.23 bits per heavy atom. The molecule has 7 heteroatoms. The van der Waals surface area contributed by atoms with Gasteiger partial charge in [0.05, 0.1) is 25.2 Å². The van der Waals surface area contributed by atoms with Crippen LogP contribution in [-0.2, 0) is 20.8 Å². The lowest BCUT2D eigenvalue weighted by molar-refractivity contribution is -0.137. The van der Waals surface area contributed by atoms with Crippen LogP contribution in [0, 0.1) is 11.8 Å². The van der Waals surface area contributed by atoms with Crippen LogP contribution in [-0.4, -0.2) is 55.3 Å². The molecule has 168 valence electrons. The molecule has 31 heavy (non-hydrogen) atoms. The summed E-state index contributed by atoms with van der Waals surface area (Å²) in [7, 11) is 1.69. The summed E-state index contributed by atoms with van der Waals surface area (Å²) in [5.41, 5.74) is 2.48. The molecule has 1 aromatic rings. The molecular weight excluding hydrogens is 392 g/mol. The summed E-state index contributed by atoms with van der Waals surface area (Å²) >= 11 is 0. The maximum Gasteiger partial charge on any atom is 0.242 e. The van der Waals surface area contributed by atoms with E-state index in [1.807, 2.05) is 19.1 Å². The molecule has 0 bridgehead atoms. The Bertz CT molecular complexity index is 838. The van der Waals surface area contributed by atoms with E-state index in [0.717, 1.165) is 19.3 Å². The van der Waals surface area contributed by atoms with E-state index < -0.39 is 0 Å². The number of benzene rings is 1. The van der Waals surface area contributed by atoms with Crippen LogP contribution in [0.5, 0.6) is 0 Å². The van der Waals surface area contributed by atoms with Gasteiger partial charge >= 0.3 is 0 Å². The molecule has 1 aromatic carbocycles. The Balaban J connectivity index is 1.61. The Labute approximate surface area is 184 Å². The number of allylic oxidation sites excluding steroid dienone is 2. The first-order valence-corrected chi connectivity index (χ1v) is 11.2. The number of likely N-dealkylation sites (N-methyl/N-ethyl adjacent to an activating group) is 1. The number of fused-ring (bicyclic) bond motifs is 1. The summed E-state index contributed by atoms with van der Waals surface area (Å²) in [4.78, 5) is 39.1. The summed E-state index contributed by atoms with van der Waals surface area (Å²) in [6.07, 6.45) is 7.16. The highest BCUT2D eigenvalue weighted by Gasteiger charge is 2.38. The van der Waals surface area contributed by atoms with Gasteiger partial charge < -0.3 is 20.9 Å². The average Bonchev–Trinajstić information content (AvgIpc) is 3.07. The molecule has 0 fully saturated rings. The number of nitrogens with one attached hydrogen (secondary N) is 3. The number of hydrogen-bond acceptors (Lipinski definition) is 4. The maximum absolute atomic E-state index is 12.9. The maximum atomic E-state index is 12.9. The third-order valence-corrected chi connectivity index (χ3v) is 6.35. The predicted octanol–water partition coefficient (Wildman–Crippen LogP) is 1.56. The van der Waals surface area contributed by atoms with Crippen LogP contribution in [0.25, 0.3) is 0 Å². The highest BCUT2D eigenvalue weighted by Crippen LogP contribution is 2.44. The first-order valence-electron chi connectivity index (χ1n) is 11.2. The Morgan fingerprint density at radius 2 is 1.97 bits per heavy atom. The summed E-state index contributed by atoms with van der Waals surface area (Å²) in [5, 5.41) is 8.68. The van der Waals surface area contributed by atoms with Gasteiger partial charge in [-0.3, -0.25) is 14.4 Å². The molecule has 0 saturated heterocycles. The quantitative estimate of drug-likeness (QED) is 0.495. The van der Waals surface area contributed by atoms with Crippen molar-refractivity contribution >= 4 is 17.7 Å². The number of carbonyl (C=O) groups is 3. The van der Waals surface area contributed by atoms with E-state index in [1.165, 1.54) is 16.0 Å². The Hall–Kier alpha value is -2.67. The molecule has 0 spiro atoms. The lowest BCUT2D eigenvalue weighted by Gasteiger charge is -2.31. The molecule has 0 heterocycles. The van der Waals surface area contributed by atoms with Crippen molar-refractivity contribution in [3.8, 4) is 0 Å². The van der Waals surface area contributed by atoms with E-state index in [4.69, 9.17) is 0 Å². The number of amides is 3. The third-order valence-electron chi connectivity index (χ3n) is 6.35. The van der Waals surface area contributed by atoms with Crippen LogP contribution in [0.3, 0.4) is 0 Å². The standard InChI is InChI=1S/C24H34N4O3/c1-4-12-28(22(30)14-26-24(31)16(2)25-3)15-21(29)27-23-19-11-6-5-8-18(19)13-20(23)17-9-7-10-17/h5-9,11,16-17,20,23,25H,4,10,12-15H2,1-3H3,(H,26,31)(H,27,29). The van der Waals surface area contributed by atoms with Crippen molar-refractivity contribution in [1.29, 1.82) is 0 Å². The second kappa shape index (κ2) is 10.6. The van der Waals surface area contributed by atoms with Gasteiger partial charge in [-0.1, -0.05) is 43.3 Å².